The summed E-state index contributed by atoms with van der Waals surface area (Å²) in [7, 11) is 1.51. The predicted octanol–water partition coefficient (Wildman–Crippen LogP) is 4.10. The lowest BCUT2D eigenvalue weighted by Gasteiger charge is -2.30. The lowest BCUT2D eigenvalue weighted by molar-refractivity contribution is -0.133. The Hall–Kier alpha value is -3.33. The minimum atomic E-state index is -0.691. The Labute approximate surface area is 198 Å². The summed E-state index contributed by atoms with van der Waals surface area (Å²) in [5.74, 6) is -1.31. The molecule has 1 atom stereocenters. The summed E-state index contributed by atoms with van der Waals surface area (Å²) >= 11 is 0. The van der Waals surface area contributed by atoms with Crippen LogP contribution in [0.15, 0.2) is 53.6 Å². The maximum atomic E-state index is 14.7. The molecule has 1 aliphatic heterocycles. The van der Waals surface area contributed by atoms with Crippen molar-refractivity contribution < 1.29 is 23.1 Å². The van der Waals surface area contributed by atoms with Crippen LogP contribution < -0.4 is 5.32 Å². The summed E-state index contributed by atoms with van der Waals surface area (Å²) in [5.41, 5.74) is 0.992. The molecule has 7 nitrogen and oxygen atoms in total. The van der Waals surface area contributed by atoms with Gasteiger partial charge in [-0.05, 0) is 44.5 Å². The number of nitrogens with one attached hydrogen (secondary N) is 1. The number of nitrogens with zero attached hydrogens (tertiary/aromatic N) is 3. The molecule has 0 saturated heterocycles. The van der Waals surface area contributed by atoms with Crippen LogP contribution in [-0.4, -0.2) is 59.9 Å². The highest BCUT2D eigenvalue weighted by atomic mass is 19.1. The Morgan fingerprint density at radius 1 is 1.15 bits per heavy atom. The van der Waals surface area contributed by atoms with Gasteiger partial charge in [0, 0.05) is 31.2 Å². The van der Waals surface area contributed by atoms with Gasteiger partial charge in [-0.3, -0.25) is 4.79 Å². The lowest BCUT2D eigenvalue weighted by Crippen LogP contribution is -2.52. The Balaban J connectivity index is 1.90. The molecule has 0 saturated carbocycles. The van der Waals surface area contributed by atoms with Gasteiger partial charge >= 0.3 is 6.03 Å². The Kier molecular flexibility index (Phi) is 7.98. The SMILES string of the molecule is COCCN(CC(=O)N1N=C(c2ccc(F)cc2)CC1c1ccccc1F)C(=O)NC(C)(C)C. The number of urea groups is 1. The number of benzene rings is 2. The quantitative estimate of drug-likeness (QED) is 0.660. The van der Waals surface area contributed by atoms with E-state index in [1.807, 2.05) is 20.8 Å². The highest BCUT2D eigenvalue weighted by Gasteiger charge is 2.36. The summed E-state index contributed by atoms with van der Waals surface area (Å²) < 4.78 is 33.2. The first-order chi connectivity index (χ1) is 16.1. The highest BCUT2D eigenvalue weighted by molar-refractivity contribution is 6.03. The van der Waals surface area contributed by atoms with Crippen LogP contribution in [0.4, 0.5) is 13.6 Å². The minimum absolute atomic E-state index is 0.191. The number of halogens is 2. The fourth-order valence-corrected chi connectivity index (χ4v) is 3.63. The van der Waals surface area contributed by atoms with E-state index in [9.17, 15) is 18.4 Å². The molecule has 1 unspecified atom stereocenters. The van der Waals surface area contributed by atoms with Gasteiger partial charge in [0.05, 0.1) is 18.4 Å². The first-order valence-corrected chi connectivity index (χ1v) is 11.0. The van der Waals surface area contributed by atoms with Crippen molar-refractivity contribution >= 4 is 17.6 Å². The molecule has 0 aliphatic carbocycles. The smallest absolute Gasteiger partial charge is 0.318 e. The summed E-state index contributed by atoms with van der Waals surface area (Å²) in [6.45, 7) is 5.69. The van der Waals surface area contributed by atoms with Crippen molar-refractivity contribution in [2.45, 2.75) is 38.8 Å². The second-order valence-corrected chi connectivity index (χ2v) is 9.13. The van der Waals surface area contributed by atoms with E-state index in [-0.39, 0.29) is 31.9 Å². The van der Waals surface area contributed by atoms with Gasteiger partial charge in [-0.1, -0.05) is 30.3 Å². The van der Waals surface area contributed by atoms with Gasteiger partial charge < -0.3 is 15.0 Å². The number of hydrogen-bond acceptors (Lipinski definition) is 4. The van der Waals surface area contributed by atoms with Gasteiger partial charge in [-0.2, -0.15) is 5.10 Å². The molecular formula is C25H30F2N4O3. The van der Waals surface area contributed by atoms with E-state index in [1.165, 1.54) is 35.2 Å². The van der Waals surface area contributed by atoms with E-state index in [4.69, 9.17) is 4.74 Å². The number of hydrazone groups is 1. The van der Waals surface area contributed by atoms with Crippen LogP contribution in [0.2, 0.25) is 0 Å². The van der Waals surface area contributed by atoms with Crippen LogP contribution in [0.25, 0.3) is 0 Å². The minimum Gasteiger partial charge on any atom is -0.383 e. The molecule has 3 amide bonds. The molecule has 0 radical (unpaired) electrons. The van der Waals surface area contributed by atoms with Gasteiger partial charge in [0.1, 0.15) is 18.2 Å². The van der Waals surface area contributed by atoms with Crippen LogP contribution in [-0.2, 0) is 9.53 Å². The topological polar surface area (TPSA) is 74.2 Å². The van der Waals surface area contributed by atoms with Gasteiger partial charge in [-0.25, -0.2) is 18.6 Å². The summed E-state index contributed by atoms with van der Waals surface area (Å²) in [6.07, 6.45) is 0.255. The van der Waals surface area contributed by atoms with Crippen molar-refractivity contribution in [3.05, 3.63) is 71.3 Å². The van der Waals surface area contributed by atoms with E-state index < -0.39 is 29.3 Å². The summed E-state index contributed by atoms with van der Waals surface area (Å²) in [4.78, 5) is 27.5. The molecule has 3 rings (SSSR count). The van der Waals surface area contributed by atoms with Gasteiger partial charge in [-0.15, -0.1) is 0 Å². The molecule has 0 spiro atoms. The normalized spacial score (nSPS) is 15.8. The molecule has 2 aromatic carbocycles. The second-order valence-electron chi connectivity index (χ2n) is 9.13. The van der Waals surface area contributed by atoms with Crippen LogP contribution in [0.1, 0.15) is 44.4 Å². The number of rotatable bonds is 7. The van der Waals surface area contributed by atoms with E-state index >= 15 is 0 Å². The average molecular weight is 473 g/mol. The number of carbonyl (C=O) groups is 2. The maximum absolute atomic E-state index is 14.7. The van der Waals surface area contributed by atoms with Crippen LogP contribution >= 0.6 is 0 Å². The van der Waals surface area contributed by atoms with E-state index in [1.54, 1.807) is 30.3 Å². The highest BCUT2D eigenvalue weighted by Crippen LogP contribution is 2.34. The molecular weight excluding hydrogens is 442 g/mol. The van der Waals surface area contributed by atoms with Gasteiger partial charge in [0.15, 0.2) is 0 Å². The monoisotopic (exact) mass is 472 g/mol. The third-order valence-electron chi connectivity index (χ3n) is 5.27. The zero-order valence-electron chi connectivity index (χ0n) is 19.8. The fourth-order valence-electron chi connectivity index (χ4n) is 3.63. The molecule has 9 heteroatoms. The molecule has 0 bridgehead atoms. The molecule has 0 fully saturated rings. The molecule has 1 heterocycles. The van der Waals surface area contributed by atoms with Crippen molar-refractivity contribution in [2.24, 2.45) is 5.10 Å². The van der Waals surface area contributed by atoms with Crippen LogP contribution in [0.5, 0.6) is 0 Å². The van der Waals surface area contributed by atoms with Crippen molar-refractivity contribution in [3.8, 4) is 0 Å². The first kappa shape index (κ1) is 25.3. The van der Waals surface area contributed by atoms with E-state index in [0.717, 1.165) is 0 Å². The van der Waals surface area contributed by atoms with Crippen molar-refractivity contribution in [3.63, 3.8) is 0 Å². The van der Waals surface area contributed by atoms with Crippen molar-refractivity contribution in [1.29, 1.82) is 0 Å². The number of hydrogen-bond donors (Lipinski definition) is 1. The third-order valence-corrected chi connectivity index (χ3v) is 5.27. The van der Waals surface area contributed by atoms with Crippen molar-refractivity contribution in [2.75, 3.05) is 26.8 Å². The fraction of sp³-hybridized carbons (Fsp3) is 0.400. The zero-order chi connectivity index (χ0) is 24.9. The number of ether oxygens (including phenoxy) is 1. The zero-order valence-corrected chi connectivity index (χ0v) is 19.8. The number of methoxy groups -OCH3 is 1. The second kappa shape index (κ2) is 10.7. The standard InChI is InChI=1S/C25H30F2N4O3/c1-25(2,3)28-24(33)30(13-14-34-4)16-23(32)31-22(19-7-5-6-8-20(19)27)15-21(29-31)17-9-11-18(26)12-10-17/h5-12,22H,13-16H2,1-4H3,(H,28,33). The maximum Gasteiger partial charge on any atom is 0.318 e. The van der Waals surface area contributed by atoms with E-state index in [2.05, 4.69) is 10.4 Å². The Morgan fingerprint density at radius 3 is 2.44 bits per heavy atom. The van der Waals surface area contributed by atoms with Gasteiger partial charge in [0.25, 0.3) is 5.91 Å². The molecule has 2 aromatic rings. The summed E-state index contributed by atoms with van der Waals surface area (Å²) in [5, 5.41) is 8.54. The van der Waals surface area contributed by atoms with Crippen LogP contribution in [0.3, 0.4) is 0 Å². The molecule has 34 heavy (non-hydrogen) atoms. The third kappa shape index (κ3) is 6.38. The first-order valence-electron chi connectivity index (χ1n) is 11.0. The Bertz CT molecular complexity index is 1050. The van der Waals surface area contributed by atoms with Crippen LogP contribution in [0, 0.1) is 11.6 Å². The number of carbonyl (C=O) groups excluding carboxylic acids is 2. The number of amides is 3. The average Bonchev–Trinajstić information content (AvgIpc) is 3.21. The Morgan fingerprint density at radius 2 is 1.82 bits per heavy atom. The van der Waals surface area contributed by atoms with E-state index in [0.29, 0.717) is 16.8 Å². The molecule has 1 aliphatic rings. The van der Waals surface area contributed by atoms with Crippen molar-refractivity contribution in [1.82, 2.24) is 15.2 Å². The molecule has 1 N–H and O–H groups in total. The van der Waals surface area contributed by atoms with Gasteiger partial charge in [0.2, 0.25) is 0 Å². The lowest BCUT2D eigenvalue weighted by atomic mass is 9.98. The molecule has 182 valence electrons. The summed E-state index contributed by atoms with van der Waals surface area (Å²) in [6, 6.07) is 10.9. The largest absolute Gasteiger partial charge is 0.383 e. The predicted molar refractivity (Wildman–Crippen MR) is 125 cm³/mol. The molecule has 0 aromatic heterocycles.